The molecule has 2 nitrogen and oxygen atoms in total. The zero-order valence-corrected chi connectivity index (χ0v) is 19.4. The van der Waals surface area contributed by atoms with Crippen LogP contribution in [0.3, 0.4) is 0 Å². The van der Waals surface area contributed by atoms with Gasteiger partial charge in [0.15, 0.2) is 0 Å². The summed E-state index contributed by atoms with van der Waals surface area (Å²) in [5.74, 6) is 0.900. The molecule has 2 heteroatoms. The van der Waals surface area contributed by atoms with Gasteiger partial charge in [-0.25, -0.2) is 0 Å². The molecule has 0 atom stereocenters. The Morgan fingerprint density at radius 1 is 0.606 bits per heavy atom. The zero-order chi connectivity index (χ0) is 22.9. The van der Waals surface area contributed by atoms with Crippen molar-refractivity contribution >= 4 is 11.1 Å². The first kappa shape index (κ1) is 22.6. The van der Waals surface area contributed by atoms with Gasteiger partial charge >= 0.3 is 0 Å². The van der Waals surface area contributed by atoms with E-state index in [1.165, 1.54) is 33.4 Å². The SMILES string of the molecule is CN(C)CCOc1ccc(/C(=C(/Cc2ccccc2)c2ccccc2)c2ccccc2)cc1. The highest BCUT2D eigenvalue weighted by molar-refractivity contribution is 5.99. The van der Waals surface area contributed by atoms with E-state index in [9.17, 15) is 0 Å². The number of benzene rings is 4. The van der Waals surface area contributed by atoms with Crippen molar-refractivity contribution in [3.8, 4) is 5.75 Å². The summed E-state index contributed by atoms with van der Waals surface area (Å²) in [6.07, 6.45) is 0.857. The largest absolute Gasteiger partial charge is 0.492 e. The smallest absolute Gasteiger partial charge is 0.119 e. The van der Waals surface area contributed by atoms with E-state index in [4.69, 9.17) is 4.74 Å². The van der Waals surface area contributed by atoms with Crippen molar-refractivity contribution in [1.29, 1.82) is 0 Å². The minimum atomic E-state index is 0.678. The molecule has 0 fully saturated rings. The van der Waals surface area contributed by atoms with Crippen LogP contribution in [0.1, 0.15) is 22.3 Å². The Kier molecular flexibility index (Phi) is 7.73. The third-order valence-electron chi connectivity index (χ3n) is 5.66. The predicted molar refractivity (Wildman–Crippen MR) is 139 cm³/mol. The Balaban J connectivity index is 1.80. The van der Waals surface area contributed by atoms with Crippen LogP contribution in [0.15, 0.2) is 115 Å². The maximum atomic E-state index is 5.94. The number of ether oxygens (including phenoxy) is 1. The molecular weight excluding hydrogens is 402 g/mol. The van der Waals surface area contributed by atoms with Crippen LogP contribution in [0.5, 0.6) is 5.75 Å². The van der Waals surface area contributed by atoms with Crippen molar-refractivity contribution in [2.75, 3.05) is 27.2 Å². The fourth-order valence-corrected chi connectivity index (χ4v) is 3.96. The highest BCUT2D eigenvalue weighted by Gasteiger charge is 2.15. The van der Waals surface area contributed by atoms with Crippen LogP contribution in [0.4, 0.5) is 0 Å². The Morgan fingerprint density at radius 2 is 1.12 bits per heavy atom. The van der Waals surface area contributed by atoms with Gasteiger partial charge in [0.05, 0.1) is 0 Å². The number of hydrogen-bond donors (Lipinski definition) is 0. The minimum absolute atomic E-state index is 0.678. The third-order valence-corrected chi connectivity index (χ3v) is 5.66. The van der Waals surface area contributed by atoms with Gasteiger partial charge in [-0.1, -0.05) is 103 Å². The van der Waals surface area contributed by atoms with Gasteiger partial charge < -0.3 is 9.64 Å². The number of likely N-dealkylation sites (N-methyl/N-ethyl adjacent to an activating group) is 1. The van der Waals surface area contributed by atoms with E-state index in [1.54, 1.807) is 0 Å². The number of hydrogen-bond acceptors (Lipinski definition) is 2. The fourth-order valence-electron chi connectivity index (χ4n) is 3.96. The number of nitrogens with zero attached hydrogens (tertiary/aromatic N) is 1. The monoisotopic (exact) mass is 433 g/mol. The van der Waals surface area contributed by atoms with Crippen LogP contribution in [0.2, 0.25) is 0 Å². The van der Waals surface area contributed by atoms with Crippen molar-refractivity contribution in [3.63, 3.8) is 0 Å². The van der Waals surface area contributed by atoms with Crippen molar-refractivity contribution < 1.29 is 4.74 Å². The first-order valence-electron chi connectivity index (χ1n) is 11.5. The summed E-state index contributed by atoms with van der Waals surface area (Å²) in [7, 11) is 4.11. The summed E-state index contributed by atoms with van der Waals surface area (Å²) in [6.45, 7) is 1.57. The molecule has 0 saturated heterocycles. The van der Waals surface area contributed by atoms with Gasteiger partial charge in [-0.2, -0.15) is 0 Å². The molecule has 0 spiro atoms. The van der Waals surface area contributed by atoms with Crippen LogP contribution in [0, 0.1) is 0 Å². The van der Waals surface area contributed by atoms with Crippen LogP contribution in [-0.2, 0) is 6.42 Å². The van der Waals surface area contributed by atoms with Crippen molar-refractivity contribution in [3.05, 3.63) is 138 Å². The summed E-state index contributed by atoms with van der Waals surface area (Å²) in [4.78, 5) is 2.13. The lowest BCUT2D eigenvalue weighted by Crippen LogP contribution is -2.19. The first-order valence-corrected chi connectivity index (χ1v) is 11.5. The second kappa shape index (κ2) is 11.3. The van der Waals surface area contributed by atoms with Gasteiger partial charge in [0.1, 0.15) is 12.4 Å². The summed E-state index contributed by atoms with van der Waals surface area (Å²) >= 11 is 0. The lowest BCUT2D eigenvalue weighted by molar-refractivity contribution is 0.261. The lowest BCUT2D eigenvalue weighted by Gasteiger charge is -2.18. The summed E-state index contributed by atoms with van der Waals surface area (Å²) in [6, 6.07) is 40.6. The Morgan fingerprint density at radius 3 is 1.70 bits per heavy atom. The molecule has 0 aliphatic carbocycles. The van der Waals surface area contributed by atoms with Gasteiger partial charge in [0.25, 0.3) is 0 Å². The standard InChI is InChI=1S/C31H31NO/c1-32(2)22-23-33-29-20-18-28(19-21-29)31(27-16-10-5-11-17-27)30(26-14-8-4-9-15-26)24-25-12-6-3-7-13-25/h3-21H,22-24H2,1-2H3/b31-30-. The van der Waals surface area contributed by atoms with Gasteiger partial charge in [-0.15, -0.1) is 0 Å². The zero-order valence-electron chi connectivity index (χ0n) is 19.4. The summed E-state index contributed by atoms with van der Waals surface area (Å²) < 4.78 is 5.94. The molecule has 0 aliphatic heterocycles. The molecule has 0 amide bonds. The third kappa shape index (κ3) is 6.21. The number of rotatable bonds is 9. The molecule has 4 aromatic carbocycles. The van der Waals surface area contributed by atoms with E-state index in [2.05, 4.69) is 134 Å². The highest BCUT2D eigenvalue weighted by atomic mass is 16.5. The lowest BCUT2D eigenvalue weighted by atomic mass is 9.86. The molecule has 0 heterocycles. The molecule has 0 radical (unpaired) electrons. The molecule has 0 aromatic heterocycles. The molecule has 166 valence electrons. The van der Waals surface area contributed by atoms with Crippen molar-refractivity contribution in [2.45, 2.75) is 6.42 Å². The van der Waals surface area contributed by atoms with Gasteiger partial charge in [0.2, 0.25) is 0 Å². The fraction of sp³-hybridized carbons (Fsp3) is 0.161. The van der Waals surface area contributed by atoms with E-state index in [-0.39, 0.29) is 0 Å². The van der Waals surface area contributed by atoms with E-state index in [0.717, 1.165) is 18.7 Å². The molecular formula is C31H31NO. The molecule has 33 heavy (non-hydrogen) atoms. The van der Waals surface area contributed by atoms with Crippen molar-refractivity contribution in [1.82, 2.24) is 4.90 Å². The average Bonchev–Trinajstić information content (AvgIpc) is 2.86. The molecule has 4 rings (SSSR count). The maximum absolute atomic E-state index is 5.94. The summed E-state index contributed by atoms with van der Waals surface area (Å²) in [5, 5.41) is 0. The molecule has 4 aromatic rings. The van der Waals surface area contributed by atoms with Gasteiger partial charge in [-0.3, -0.25) is 0 Å². The molecule has 0 saturated carbocycles. The van der Waals surface area contributed by atoms with Crippen LogP contribution >= 0.6 is 0 Å². The summed E-state index contributed by atoms with van der Waals surface area (Å²) in [5.41, 5.74) is 7.52. The average molecular weight is 434 g/mol. The second-order valence-electron chi connectivity index (χ2n) is 8.42. The van der Waals surface area contributed by atoms with Crippen LogP contribution < -0.4 is 4.74 Å². The van der Waals surface area contributed by atoms with E-state index in [1.807, 2.05) is 0 Å². The maximum Gasteiger partial charge on any atom is 0.119 e. The van der Waals surface area contributed by atoms with E-state index >= 15 is 0 Å². The van der Waals surface area contributed by atoms with E-state index < -0.39 is 0 Å². The first-order chi connectivity index (χ1) is 16.2. The Hall–Kier alpha value is -3.62. The van der Waals surface area contributed by atoms with Crippen LogP contribution in [0.25, 0.3) is 11.1 Å². The quantitative estimate of drug-likeness (QED) is 0.268. The molecule has 0 N–H and O–H groups in total. The molecule has 0 aliphatic rings. The van der Waals surface area contributed by atoms with Crippen LogP contribution in [-0.4, -0.2) is 32.1 Å². The Labute approximate surface area is 197 Å². The predicted octanol–water partition coefficient (Wildman–Crippen LogP) is 6.83. The van der Waals surface area contributed by atoms with Gasteiger partial charge in [0, 0.05) is 6.54 Å². The second-order valence-corrected chi connectivity index (χ2v) is 8.42. The molecule has 0 bridgehead atoms. The van der Waals surface area contributed by atoms with E-state index in [0.29, 0.717) is 6.61 Å². The minimum Gasteiger partial charge on any atom is -0.492 e. The molecule has 0 unspecified atom stereocenters. The van der Waals surface area contributed by atoms with Gasteiger partial charge in [-0.05, 0) is 66.0 Å². The number of allylic oxidation sites excluding steroid dienone is 1. The topological polar surface area (TPSA) is 12.5 Å². The normalized spacial score (nSPS) is 11.8. The highest BCUT2D eigenvalue weighted by Crippen LogP contribution is 2.35. The van der Waals surface area contributed by atoms with Crippen molar-refractivity contribution in [2.24, 2.45) is 0 Å². The Bertz CT molecular complexity index is 1150.